The molecule has 0 fully saturated rings. The highest BCUT2D eigenvalue weighted by molar-refractivity contribution is 5.84. The molecule has 0 radical (unpaired) electrons. The first kappa shape index (κ1) is 24.2. The Bertz CT molecular complexity index is 1270. The molecule has 0 atom stereocenters. The number of aromatic nitrogens is 1. The molecule has 0 spiro atoms. The van der Waals surface area contributed by atoms with E-state index in [-0.39, 0.29) is 5.91 Å². The van der Waals surface area contributed by atoms with Crippen LogP contribution in [0.2, 0.25) is 0 Å². The Balaban J connectivity index is 1.53. The Morgan fingerprint density at radius 2 is 1.63 bits per heavy atom. The van der Waals surface area contributed by atoms with Crippen LogP contribution in [0.3, 0.4) is 0 Å². The third-order valence-corrected chi connectivity index (χ3v) is 6.27. The van der Waals surface area contributed by atoms with Gasteiger partial charge in [0.1, 0.15) is 5.75 Å². The quantitative estimate of drug-likeness (QED) is 0.318. The lowest BCUT2D eigenvalue weighted by Gasteiger charge is -2.23. The summed E-state index contributed by atoms with van der Waals surface area (Å²) in [5, 5.41) is 1.12. The second-order valence-corrected chi connectivity index (χ2v) is 8.47. The average molecular weight is 473 g/mol. The molecule has 1 heterocycles. The van der Waals surface area contributed by atoms with E-state index < -0.39 is 0 Å². The van der Waals surface area contributed by atoms with Gasteiger partial charge in [-0.2, -0.15) is 0 Å². The van der Waals surface area contributed by atoms with Crippen molar-refractivity contribution < 1.29 is 19.0 Å². The van der Waals surface area contributed by atoms with Crippen LogP contribution in [0, 0.1) is 0 Å². The van der Waals surface area contributed by atoms with Gasteiger partial charge in [0.15, 0.2) is 11.5 Å². The summed E-state index contributed by atoms with van der Waals surface area (Å²) in [4.78, 5) is 18.6. The van der Waals surface area contributed by atoms with Gasteiger partial charge in [-0.1, -0.05) is 36.4 Å². The second kappa shape index (κ2) is 11.5. The van der Waals surface area contributed by atoms with E-state index in [0.717, 1.165) is 39.8 Å². The van der Waals surface area contributed by atoms with Crippen LogP contribution in [0.4, 0.5) is 0 Å². The molecule has 0 unspecified atom stereocenters. The highest BCUT2D eigenvalue weighted by atomic mass is 16.5. The fraction of sp³-hybridized carbons (Fsp3) is 0.276. The number of hydrogen-bond donors (Lipinski definition) is 1. The standard InChI is InChI=1S/C29H32N2O4/c1-33-24-11-12-26-25(18-24)23(19-30-26)15-16-31(29(32)14-10-21-7-5-4-6-8-21)20-22-9-13-27(34-2)28(17-22)35-3/h4-9,11-13,17-19,30H,10,14-16,20H2,1-3H3. The Labute approximate surface area is 206 Å². The molecule has 0 aliphatic rings. The highest BCUT2D eigenvalue weighted by Crippen LogP contribution is 2.29. The number of aryl methyl sites for hydroxylation is 1. The number of hydrogen-bond acceptors (Lipinski definition) is 4. The smallest absolute Gasteiger partial charge is 0.223 e. The van der Waals surface area contributed by atoms with Gasteiger partial charge in [-0.3, -0.25) is 4.79 Å². The summed E-state index contributed by atoms with van der Waals surface area (Å²) in [7, 11) is 4.91. The van der Waals surface area contributed by atoms with Crippen molar-refractivity contribution in [2.75, 3.05) is 27.9 Å². The third kappa shape index (κ3) is 5.96. The van der Waals surface area contributed by atoms with Crippen molar-refractivity contribution in [3.8, 4) is 17.2 Å². The topological polar surface area (TPSA) is 63.8 Å². The average Bonchev–Trinajstić information content (AvgIpc) is 3.32. The zero-order chi connectivity index (χ0) is 24.6. The maximum absolute atomic E-state index is 13.4. The van der Waals surface area contributed by atoms with Crippen LogP contribution in [0.1, 0.15) is 23.1 Å². The molecule has 0 saturated carbocycles. The van der Waals surface area contributed by atoms with Crippen molar-refractivity contribution in [1.82, 2.24) is 9.88 Å². The number of carbonyl (C=O) groups excluding carboxylic acids is 1. The van der Waals surface area contributed by atoms with E-state index in [0.29, 0.717) is 37.4 Å². The summed E-state index contributed by atoms with van der Waals surface area (Å²) < 4.78 is 16.2. The fourth-order valence-corrected chi connectivity index (χ4v) is 4.29. The van der Waals surface area contributed by atoms with Gasteiger partial charge in [0.2, 0.25) is 5.91 Å². The largest absolute Gasteiger partial charge is 0.497 e. The van der Waals surface area contributed by atoms with Crippen LogP contribution in [0.15, 0.2) is 72.9 Å². The lowest BCUT2D eigenvalue weighted by atomic mass is 10.1. The minimum Gasteiger partial charge on any atom is -0.497 e. The highest BCUT2D eigenvalue weighted by Gasteiger charge is 2.17. The van der Waals surface area contributed by atoms with Gasteiger partial charge in [0.05, 0.1) is 21.3 Å². The number of carbonyl (C=O) groups is 1. The van der Waals surface area contributed by atoms with E-state index in [1.54, 1.807) is 21.3 Å². The number of amides is 1. The SMILES string of the molecule is COc1ccc2[nH]cc(CCN(Cc3ccc(OC)c(OC)c3)C(=O)CCc3ccccc3)c2c1. The molecular formula is C29H32N2O4. The van der Waals surface area contributed by atoms with Crippen molar-refractivity contribution in [3.05, 3.63) is 89.6 Å². The molecule has 6 nitrogen and oxygen atoms in total. The third-order valence-electron chi connectivity index (χ3n) is 6.27. The molecule has 0 saturated heterocycles. The minimum atomic E-state index is 0.126. The first-order valence-electron chi connectivity index (χ1n) is 11.8. The van der Waals surface area contributed by atoms with E-state index in [9.17, 15) is 4.79 Å². The first-order chi connectivity index (χ1) is 17.1. The van der Waals surface area contributed by atoms with Crippen LogP contribution in [-0.4, -0.2) is 43.7 Å². The zero-order valence-corrected chi connectivity index (χ0v) is 20.5. The Kier molecular flexibility index (Phi) is 7.93. The van der Waals surface area contributed by atoms with Crippen molar-refractivity contribution >= 4 is 16.8 Å². The van der Waals surface area contributed by atoms with Crippen molar-refractivity contribution in [2.45, 2.75) is 25.8 Å². The molecule has 0 aliphatic heterocycles. The lowest BCUT2D eigenvalue weighted by molar-refractivity contribution is -0.131. The number of benzene rings is 3. The van der Waals surface area contributed by atoms with Gasteiger partial charge >= 0.3 is 0 Å². The summed E-state index contributed by atoms with van der Waals surface area (Å²) in [5.41, 5.74) is 4.38. The molecule has 4 aromatic rings. The lowest BCUT2D eigenvalue weighted by Crippen LogP contribution is -2.32. The second-order valence-electron chi connectivity index (χ2n) is 8.47. The molecule has 0 bridgehead atoms. The number of nitrogens with zero attached hydrogens (tertiary/aromatic N) is 1. The number of methoxy groups -OCH3 is 3. The number of rotatable bonds is 11. The number of H-pyrrole nitrogens is 1. The maximum atomic E-state index is 13.4. The fourth-order valence-electron chi connectivity index (χ4n) is 4.29. The summed E-state index contributed by atoms with van der Waals surface area (Å²) in [5.74, 6) is 2.27. The predicted octanol–water partition coefficient (Wildman–Crippen LogP) is 5.40. The van der Waals surface area contributed by atoms with E-state index in [1.807, 2.05) is 65.7 Å². The molecular weight excluding hydrogens is 440 g/mol. The van der Waals surface area contributed by atoms with Crippen LogP contribution < -0.4 is 14.2 Å². The molecule has 35 heavy (non-hydrogen) atoms. The van der Waals surface area contributed by atoms with Gasteiger partial charge in [-0.15, -0.1) is 0 Å². The maximum Gasteiger partial charge on any atom is 0.223 e. The van der Waals surface area contributed by atoms with Crippen molar-refractivity contribution in [1.29, 1.82) is 0 Å². The summed E-state index contributed by atoms with van der Waals surface area (Å²) >= 11 is 0. The molecule has 1 N–H and O–H groups in total. The minimum absolute atomic E-state index is 0.126. The van der Waals surface area contributed by atoms with E-state index >= 15 is 0 Å². The van der Waals surface area contributed by atoms with Gasteiger partial charge < -0.3 is 24.1 Å². The van der Waals surface area contributed by atoms with E-state index in [4.69, 9.17) is 14.2 Å². The molecule has 0 aliphatic carbocycles. The Hall–Kier alpha value is -3.93. The van der Waals surface area contributed by atoms with E-state index in [2.05, 4.69) is 17.1 Å². The zero-order valence-electron chi connectivity index (χ0n) is 20.5. The van der Waals surface area contributed by atoms with Crippen LogP contribution >= 0.6 is 0 Å². The van der Waals surface area contributed by atoms with Crippen LogP contribution in [-0.2, 0) is 24.2 Å². The van der Waals surface area contributed by atoms with Gasteiger partial charge in [-0.25, -0.2) is 0 Å². The number of aromatic amines is 1. The number of fused-ring (bicyclic) bond motifs is 1. The number of ether oxygens (including phenoxy) is 3. The van der Waals surface area contributed by atoms with Crippen LogP contribution in [0.5, 0.6) is 17.2 Å². The molecule has 4 rings (SSSR count). The monoisotopic (exact) mass is 472 g/mol. The molecule has 182 valence electrons. The molecule has 1 aromatic heterocycles. The van der Waals surface area contributed by atoms with Gasteiger partial charge in [0, 0.05) is 36.6 Å². The van der Waals surface area contributed by atoms with Crippen molar-refractivity contribution in [3.63, 3.8) is 0 Å². The molecule has 3 aromatic carbocycles. The van der Waals surface area contributed by atoms with E-state index in [1.165, 1.54) is 0 Å². The Morgan fingerprint density at radius 3 is 2.37 bits per heavy atom. The van der Waals surface area contributed by atoms with Crippen LogP contribution in [0.25, 0.3) is 10.9 Å². The normalized spacial score (nSPS) is 10.8. The Morgan fingerprint density at radius 1 is 0.829 bits per heavy atom. The summed E-state index contributed by atoms with van der Waals surface area (Å²) in [6.45, 7) is 1.10. The summed E-state index contributed by atoms with van der Waals surface area (Å²) in [6, 6.07) is 21.9. The van der Waals surface area contributed by atoms with Gasteiger partial charge in [0.25, 0.3) is 0 Å². The molecule has 1 amide bonds. The summed E-state index contributed by atoms with van der Waals surface area (Å²) in [6.07, 6.45) is 3.93. The molecule has 6 heteroatoms. The predicted molar refractivity (Wildman–Crippen MR) is 138 cm³/mol. The first-order valence-corrected chi connectivity index (χ1v) is 11.8. The van der Waals surface area contributed by atoms with Gasteiger partial charge in [-0.05, 0) is 59.9 Å². The van der Waals surface area contributed by atoms with Crippen molar-refractivity contribution in [2.24, 2.45) is 0 Å². The number of nitrogens with one attached hydrogen (secondary N) is 1.